The molecule has 0 bridgehead atoms. The van der Waals surface area contributed by atoms with Crippen LogP contribution >= 0.6 is 7.82 Å². The number of unbranched alkanes of at least 4 members (excludes halogenated alkanes) is 32. The van der Waals surface area contributed by atoms with Gasteiger partial charge in [-0.05, 0) is 12.8 Å². The third-order valence-corrected chi connectivity index (χ3v) is 11.9. The molecule has 336 valence electrons. The third kappa shape index (κ3) is 44.6. The van der Waals surface area contributed by atoms with Crippen LogP contribution in [0.25, 0.3) is 0 Å². The lowest BCUT2D eigenvalue weighted by atomic mass is 10.0. The van der Waals surface area contributed by atoms with Crippen LogP contribution in [0, 0.1) is 0 Å². The van der Waals surface area contributed by atoms with Crippen molar-refractivity contribution in [1.82, 2.24) is 0 Å². The highest BCUT2D eigenvalue weighted by molar-refractivity contribution is 7.47. The van der Waals surface area contributed by atoms with E-state index in [0.29, 0.717) is 24.1 Å². The van der Waals surface area contributed by atoms with Gasteiger partial charge in [-0.25, -0.2) is 4.57 Å². The van der Waals surface area contributed by atoms with Gasteiger partial charge in [0.05, 0.1) is 34.4 Å². The van der Waals surface area contributed by atoms with Gasteiger partial charge in [0.2, 0.25) is 0 Å². The fourth-order valence-corrected chi connectivity index (χ4v) is 7.89. The monoisotopic (exact) mass is 819 g/mol. The number of nitrogens with zero attached hydrogens (tertiary/aromatic N) is 1. The van der Waals surface area contributed by atoms with Crippen molar-refractivity contribution in [3.63, 3.8) is 0 Å². The van der Waals surface area contributed by atoms with Crippen molar-refractivity contribution in [3.8, 4) is 0 Å². The number of phosphoric ester groups is 1. The average Bonchev–Trinajstić information content (AvgIpc) is 3.15. The second-order valence-electron chi connectivity index (χ2n) is 17.9. The molecule has 0 aromatic carbocycles. The maximum Gasteiger partial charge on any atom is 0.472 e. The van der Waals surface area contributed by atoms with Crippen LogP contribution in [0.1, 0.15) is 239 Å². The van der Waals surface area contributed by atoms with E-state index >= 15 is 0 Å². The zero-order valence-corrected chi connectivity index (χ0v) is 39.0. The summed E-state index contributed by atoms with van der Waals surface area (Å²) in [6.07, 6.45) is 44.2. The summed E-state index contributed by atoms with van der Waals surface area (Å²) in [5.74, 6) is -0.306. The van der Waals surface area contributed by atoms with Crippen LogP contribution in [0.3, 0.4) is 0 Å². The maximum atomic E-state index is 12.7. The molecule has 0 heterocycles. The smallest absolute Gasteiger partial charge is 0.457 e. The van der Waals surface area contributed by atoms with E-state index in [1.807, 2.05) is 21.1 Å². The van der Waals surface area contributed by atoms with Gasteiger partial charge in [-0.2, -0.15) is 0 Å². The number of ether oxygens (including phenoxy) is 2. The fraction of sp³-hybridized carbons (Fsp3) is 0.979. The van der Waals surface area contributed by atoms with Gasteiger partial charge >= 0.3 is 13.8 Å². The Morgan fingerprint density at radius 3 is 1.18 bits per heavy atom. The zero-order chi connectivity index (χ0) is 41.3. The number of likely N-dealkylation sites (N-methyl/N-ethyl adjacent to an activating group) is 1. The molecular formula is C47H97NO7P+. The van der Waals surface area contributed by atoms with Crippen LogP contribution in [-0.2, 0) is 27.9 Å². The van der Waals surface area contributed by atoms with E-state index in [1.54, 1.807) is 0 Å². The Morgan fingerprint density at radius 1 is 0.482 bits per heavy atom. The predicted molar refractivity (Wildman–Crippen MR) is 238 cm³/mol. The van der Waals surface area contributed by atoms with Gasteiger partial charge in [0, 0.05) is 13.0 Å². The zero-order valence-electron chi connectivity index (χ0n) is 38.2. The maximum absolute atomic E-state index is 12.7. The Hall–Kier alpha value is -0.500. The molecule has 0 aliphatic rings. The molecule has 0 spiro atoms. The van der Waals surface area contributed by atoms with E-state index < -0.39 is 13.9 Å². The summed E-state index contributed by atoms with van der Waals surface area (Å²) in [6.45, 7) is 5.69. The van der Waals surface area contributed by atoms with Crippen molar-refractivity contribution in [2.75, 3.05) is 54.1 Å². The van der Waals surface area contributed by atoms with Crippen LogP contribution < -0.4 is 0 Å². The van der Waals surface area contributed by atoms with Crippen LogP contribution in [0.4, 0.5) is 0 Å². The molecule has 9 heteroatoms. The van der Waals surface area contributed by atoms with E-state index in [9.17, 15) is 14.3 Å². The molecule has 0 saturated heterocycles. The van der Waals surface area contributed by atoms with Crippen LogP contribution in [0.15, 0.2) is 0 Å². The quantitative estimate of drug-likeness (QED) is 0.0283. The van der Waals surface area contributed by atoms with Crippen molar-refractivity contribution >= 4 is 13.8 Å². The fourth-order valence-electron chi connectivity index (χ4n) is 7.14. The molecule has 2 atom stereocenters. The van der Waals surface area contributed by atoms with Crippen molar-refractivity contribution in [1.29, 1.82) is 0 Å². The molecular weight excluding hydrogens is 721 g/mol. The second kappa shape index (κ2) is 41.2. The molecule has 0 rings (SSSR count). The lowest BCUT2D eigenvalue weighted by molar-refractivity contribution is -0.870. The van der Waals surface area contributed by atoms with Gasteiger partial charge in [-0.3, -0.25) is 13.8 Å². The van der Waals surface area contributed by atoms with Gasteiger partial charge in [-0.1, -0.05) is 219 Å². The number of rotatable bonds is 46. The van der Waals surface area contributed by atoms with Gasteiger partial charge in [0.25, 0.3) is 0 Å². The molecule has 0 fully saturated rings. The van der Waals surface area contributed by atoms with E-state index in [-0.39, 0.29) is 25.8 Å². The molecule has 0 amide bonds. The predicted octanol–water partition coefficient (Wildman–Crippen LogP) is 14.4. The number of phosphoric acid groups is 1. The van der Waals surface area contributed by atoms with Crippen molar-refractivity contribution in [2.45, 2.75) is 245 Å². The molecule has 1 unspecified atom stereocenters. The van der Waals surface area contributed by atoms with E-state index in [0.717, 1.165) is 32.1 Å². The highest BCUT2D eigenvalue weighted by atomic mass is 31.2. The summed E-state index contributed by atoms with van der Waals surface area (Å²) >= 11 is 0. The highest BCUT2D eigenvalue weighted by Gasteiger charge is 2.26. The Balaban J connectivity index is 4.12. The van der Waals surface area contributed by atoms with E-state index in [4.69, 9.17) is 18.5 Å². The molecule has 1 N–H and O–H groups in total. The number of carbonyl (C=O) groups excluding carboxylic acids is 1. The number of hydrogen-bond acceptors (Lipinski definition) is 6. The first-order valence-electron chi connectivity index (χ1n) is 24.3. The second-order valence-corrected chi connectivity index (χ2v) is 19.3. The van der Waals surface area contributed by atoms with Gasteiger partial charge in [0.1, 0.15) is 19.3 Å². The largest absolute Gasteiger partial charge is 0.472 e. The summed E-state index contributed by atoms with van der Waals surface area (Å²) in [5, 5.41) is 0. The summed E-state index contributed by atoms with van der Waals surface area (Å²) in [7, 11) is 1.69. The molecule has 0 radical (unpaired) electrons. The summed E-state index contributed by atoms with van der Waals surface area (Å²) in [6, 6.07) is 0. The van der Waals surface area contributed by atoms with Gasteiger partial charge in [-0.15, -0.1) is 0 Å². The molecule has 56 heavy (non-hydrogen) atoms. The SMILES string of the molecule is CCCCCCCCCCCCCCCCCCCCCC(=O)O[C@H](COCCCCCCCCCCCCCCCCC)COP(=O)(O)OCC[N+](C)(C)C. The Morgan fingerprint density at radius 2 is 0.821 bits per heavy atom. The normalized spacial score (nSPS) is 13.6. The third-order valence-electron chi connectivity index (χ3n) is 10.9. The standard InChI is InChI=1S/C47H96NO7P/c1-6-8-10-12-14-16-18-20-22-23-24-25-26-28-30-32-34-36-38-40-47(49)55-46(45-54-56(50,51)53-43-41-48(3,4)5)44-52-42-39-37-35-33-31-29-27-21-19-17-15-13-11-9-7-2/h46H,6-45H2,1-5H3/p+1/t46-/m1/s1. The van der Waals surface area contributed by atoms with Crippen LogP contribution in [-0.4, -0.2) is 75.6 Å². The van der Waals surface area contributed by atoms with Crippen molar-refractivity contribution in [2.24, 2.45) is 0 Å². The van der Waals surface area contributed by atoms with E-state index in [1.165, 1.54) is 186 Å². The van der Waals surface area contributed by atoms with Crippen molar-refractivity contribution in [3.05, 3.63) is 0 Å². The average molecular weight is 819 g/mol. The molecule has 0 aliphatic heterocycles. The minimum atomic E-state index is -4.27. The number of carbonyl (C=O) groups is 1. The Bertz CT molecular complexity index is 868. The molecule has 0 aromatic heterocycles. The molecule has 0 aliphatic carbocycles. The Kier molecular flexibility index (Phi) is 40.9. The summed E-state index contributed by atoms with van der Waals surface area (Å²) in [5.41, 5.74) is 0. The molecule has 0 saturated carbocycles. The van der Waals surface area contributed by atoms with Gasteiger partial charge in [0.15, 0.2) is 0 Å². The van der Waals surface area contributed by atoms with Crippen LogP contribution in [0.5, 0.6) is 0 Å². The minimum absolute atomic E-state index is 0.0941. The molecule has 0 aromatic rings. The summed E-state index contributed by atoms with van der Waals surface area (Å²) < 4.78 is 35.1. The highest BCUT2D eigenvalue weighted by Crippen LogP contribution is 2.43. The molecule has 8 nitrogen and oxygen atoms in total. The first kappa shape index (κ1) is 55.5. The number of esters is 1. The summed E-state index contributed by atoms with van der Waals surface area (Å²) in [4.78, 5) is 22.9. The lowest BCUT2D eigenvalue weighted by Gasteiger charge is -2.24. The first-order valence-corrected chi connectivity index (χ1v) is 25.8. The number of quaternary nitrogens is 1. The van der Waals surface area contributed by atoms with Crippen LogP contribution in [0.2, 0.25) is 0 Å². The lowest BCUT2D eigenvalue weighted by Crippen LogP contribution is -2.37. The first-order chi connectivity index (χ1) is 27.1. The minimum Gasteiger partial charge on any atom is -0.457 e. The Labute approximate surface area is 348 Å². The topological polar surface area (TPSA) is 91.3 Å². The number of hydrogen-bond donors (Lipinski definition) is 1. The van der Waals surface area contributed by atoms with Crippen molar-refractivity contribution < 1.29 is 37.3 Å². The van der Waals surface area contributed by atoms with E-state index in [2.05, 4.69) is 13.8 Å². The van der Waals surface area contributed by atoms with Gasteiger partial charge < -0.3 is 18.9 Å².